The Labute approximate surface area is 110 Å². The van der Waals surface area contributed by atoms with Crippen LogP contribution in [-0.2, 0) is 5.88 Å². The lowest BCUT2D eigenvalue weighted by molar-refractivity contribution is 0.620. The predicted octanol–water partition coefficient (Wildman–Crippen LogP) is 4.50. The van der Waals surface area contributed by atoms with Crippen molar-refractivity contribution in [3.05, 3.63) is 29.3 Å². The van der Waals surface area contributed by atoms with Gasteiger partial charge >= 0.3 is 0 Å². The Morgan fingerprint density at radius 2 is 2.00 bits per heavy atom. The minimum atomic E-state index is 0.613. The zero-order valence-electron chi connectivity index (χ0n) is 10.9. The quantitative estimate of drug-likeness (QED) is 0.712. The molecule has 0 amide bonds. The van der Waals surface area contributed by atoms with Crippen molar-refractivity contribution in [2.24, 2.45) is 0 Å². The zero-order valence-corrected chi connectivity index (χ0v) is 11.6. The van der Waals surface area contributed by atoms with E-state index in [0.29, 0.717) is 5.88 Å². The molecule has 0 N–H and O–H groups in total. The number of aryl methyl sites for hydroxylation is 1. The molecule has 0 unspecified atom stereocenters. The summed E-state index contributed by atoms with van der Waals surface area (Å²) >= 11 is 5.91. The van der Waals surface area contributed by atoms with Crippen LogP contribution in [0.4, 0.5) is 5.69 Å². The Hall–Kier alpha value is -0.690. The molecule has 2 rings (SSSR count). The summed E-state index contributed by atoms with van der Waals surface area (Å²) < 4.78 is 0. The van der Waals surface area contributed by atoms with Gasteiger partial charge in [0.05, 0.1) is 0 Å². The number of rotatable bonds is 4. The van der Waals surface area contributed by atoms with Crippen LogP contribution in [0.5, 0.6) is 0 Å². The largest absolute Gasteiger partial charge is 0.369 e. The highest BCUT2D eigenvalue weighted by atomic mass is 35.5. The fraction of sp³-hybridized carbons (Fsp3) is 0.600. The van der Waals surface area contributed by atoms with Crippen molar-refractivity contribution < 1.29 is 0 Å². The average molecular weight is 252 g/mol. The first-order chi connectivity index (χ1) is 8.26. The third kappa shape index (κ3) is 2.77. The van der Waals surface area contributed by atoms with Crippen LogP contribution in [0.1, 0.15) is 43.7 Å². The second-order valence-electron chi connectivity index (χ2n) is 4.97. The van der Waals surface area contributed by atoms with Gasteiger partial charge in [0.1, 0.15) is 0 Å². The molecule has 0 aliphatic heterocycles. The maximum atomic E-state index is 5.91. The van der Waals surface area contributed by atoms with Crippen LogP contribution in [0.3, 0.4) is 0 Å². The van der Waals surface area contributed by atoms with Crippen LogP contribution >= 0.6 is 11.6 Å². The van der Waals surface area contributed by atoms with Crippen LogP contribution in [0, 0.1) is 6.92 Å². The van der Waals surface area contributed by atoms with Gasteiger partial charge in [-0.15, -0.1) is 11.6 Å². The molecular formula is C15H22ClN. The van der Waals surface area contributed by atoms with Gasteiger partial charge in [0.25, 0.3) is 0 Å². The van der Waals surface area contributed by atoms with E-state index < -0.39 is 0 Å². The topological polar surface area (TPSA) is 3.24 Å². The SMILES string of the molecule is CCN(c1ccc(CCl)c(C)c1)C1CCCC1. The smallest absolute Gasteiger partial charge is 0.0476 e. The molecule has 2 heteroatoms. The Morgan fingerprint density at radius 3 is 2.53 bits per heavy atom. The molecular weight excluding hydrogens is 230 g/mol. The van der Waals surface area contributed by atoms with Crippen molar-refractivity contribution in [2.45, 2.75) is 51.5 Å². The molecule has 0 aromatic heterocycles. The summed E-state index contributed by atoms with van der Waals surface area (Å²) in [6.45, 7) is 5.51. The first-order valence-corrected chi connectivity index (χ1v) is 7.22. The van der Waals surface area contributed by atoms with Gasteiger partial charge < -0.3 is 4.90 Å². The highest BCUT2D eigenvalue weighted by Gasteiger charge is 2.21. The lowest BCUT2D eigenvalue weighted by Crippen LogP contribution is -2.32. The summed E-state index contributed by atoms with van der Waals surface area (Å²) in [6, 6.07) is 7.45. The Morgan fingerprint density at radius 1 is 1.29 bits per heavy atom. The fourth-order valence-corrected chi connectivity index (χ4v) is 3.18. The number of nitrogens with zero attached hydrogens (tertiary/aromatic N) is 1. The van der Waals surface area contributed by atoms with E-state index in [1.807, 2.05) is 0 Å². The summed E-state index contributed by atoms with van der Waals surface area (Å²) in [5.74, 6) is 0.613. The van der Waals surface area contributed by atoms with E-state index in [0.717, 1.165) is 12.6 Å². The van der Waals surface area contributed by atoms with E-state index in [2.05, 4.69) is 36.9 Å². The maximum absolute atomic E-state index is 5.91. The molecule has 1 nitrogen and oxygen atoms in total. The number of benzene rings is 1. The van der Waals surface area contributed by atoms with Gasteiger partial charge in [-0.1, -0.05) is 18.9 Å². The lowest BCUT2D eigenvalue weighted by atomic mass is 10.1. The summed E-state index contributed by atoms with van der Waals surface area (Å²) in [6.07, 6.45) is 5.48. The molecule has 0 heterocycles. The monoisotopic (exact) mass is 251 g/mol. The molecule has 0 spiro atoms. The van der Waals surface area contributed by atoms with Gasteiger partial charge in [0.2, 0.25) is 0 Å². The summed E-state index contributed by atoms with van der Waals surface area (Å²) in [5, 5.41) is 0. The van der Waals surface area contributed by atoms with Gasteiger partial charge in [0.15, 0.2) is 0 Å². The van der Waals surface area contributed by atoms with Crippen LogP contribution in [0.2, 0.25) is 0 Å². The number of alkyl halides is 1. The summed E-state index contributed by atoms with van der Waals surface area (Å²) in [4.78, 5) is 2.55. The number of anilines is 1. The van der Waals surface area contributed by atoms with Gasteiger partial charge in [-0.3, -0.25) is 0 Å². The first-order valence-electron chi connectivity index (χ1n) is 6.68. The molecule has 0 atom stereocenters. The van der Waals surface area contributed by atoms with Crippen molar-refractivity contribution in [1.82, 2.24) is 0 Å². The van der Waals surface area contributed by atoms with Crippen LogP contribution in [-0.4, -0.2) is 12.6 Å². The van der Waals surface area contributed by atoms with Crippen LogP contribution < -0.4 is 4.90 Å². The van der Waals surface area contributed by atoms with Crippen molar-refractivity contribution in [3.8, 4) is 0 Å². The van der Waals surface area contributed by atoms with E-state index in [1.165, 1.54) is 42.5 Å². The molecule has 94 valence electrons. The van der Waals surface area contributed by atoms with Crippen molar-refractivity contribution >= 4 is 17.3 Å². The molecule has 1 aromatic rings. The fourth-order valence-electron chi connectivity index (χ4n) is 2.88. The van der Waals surface area contributed by atoms with E-state index in [9.17, 15) is 0 Å². The molecule has 0 bridgehead atoms. The molecule has 1 aliphatic rings. The zero-order chi connectivity index (χ0) is 12.3. The first kappa shape index (κ1) is 12.8. The van der Waals surface area contributed by atoms with Crippen molar-refractivity contribution in [3.63, 3.8) is 0 Å². The lowest BCUT2D eigenvalue weighted by Gasteiger charge is -2.30. The van der Waals surface area contributed by atoms with E-state index >= 15 is 0 Å². The van der Waals surface area contributed by atoms with Crippen molar-refractivity contribution in [1.29, 1.82) is 0 Å². The van der Waals surface area contributed by atoms with Gasteiger partial charge in [0, 0.05) is 24.2 Å². The second-order valence-corrected chi connectivity index (χ2v) is 5.24. The Kier molecular flexibility index (Phi) is 4.33. The third-order valence-corrected chi connectivity index (χ3v) is 4.20. The minimum Gasteiger partial charge on any atom is -0.369 e. The highest BCUT2D eigenvalue weighted by Crippen LogP contribution is 2.29. The molecule has 1 aliphatic carbocycles. The van der Waals surface area contributed by atoms with Gasteiger partial charge in [-0.25, -0.2) is 0 Å². The molecule has 1 fully saturated rings. The average Bonchev–Trinajstić information content (AvgIpc) is 2.84. The molecule has 17 heavy (non-hydrogen) atoms. The minimum absolute atomic E-state index is 0.613. The molecule has 1 saturated carbocycles. The number of hydrogen-bond acceptors (Lipinski definition) is 1. The van der Waals surface area contributed by atoms with E-state index in [1.54, 1.807) is 0 Å². The van der Waals surface area contributed by atoms with Crippen LogP contribution in [0.25, 0.3) is 0 Å². The molecule has 1 aromatic carbocycles. The maximum Gasteiger partial charge on any atom is 0.0476 e. The van der Waals surface area contributed by atoms with Crippen molar-refractivity contribution in [2.75, 3.05) is 11.4 Å². The summed E-state index contributed by atoms with van der Waals surface area (Å²) in [7, 11) is 0. The molecule has 0 saturated heterocycles. The normalized spacial score (nSPS) is 16.4. The number of halogens is 1. The van der Waals surface area contributed by atoms with E-state index in [4.69, 9.17) is 11.6 Å². The predicted molar refractivity (Wildman–Crippen MR) is 76.0 cm³/mol. The molecule has 0 radical (unpaired) electrons. The third-order valence-electron chi connectivity index (χ3n) is 3.91. The highest BCUT2D eigenvalue weighted by molar-refractivity contribution is 6.17. The van der Waals surface area contributed by atoms with Gasteiger partial charge in [-0.2, -0.15) is 0 Å². The number of hydrogen-bond donors (Lipinski definition) is 0. The van der Waals surface area contributed by atoms with E-state index in [-0.39, 0.29) is 0 Å². The van der Waals surface area contributed by atoms with Crippen LogP contribution in [0.15, 0.2) is 18.2 Å². The standard InChI is InChI=1S/C15H22ClN/c1-3-17(14-6-4-5-7-14)15-9-8-13(11-16)12(2)10-15/h8-10,14H,3-7,11H2,1-2H3. The summed E-state index contributed by atoms with van der Waals surface area (Å²) in [5.41, 5.74) is 3.93. The Bertz CT molecular complexity index is 369. The van der Waals surface area contributed by atoms with Gasteiger partial charge in [-0.05, 0) is 49.9 Å². The Balaban J connectivity index is 2.21. The second kappa shape index (κ2) is 5.77.